The van der Waals surface area contributed by atoms with Crippen LogP contribution in [0.1, 0.15) is 6.92 Å². The van der Waals surface area contributed by atoms with Crippen LogP contribution in [0.2, 0.25) is 0 Å². The van der Waals surface area contributed by atoms with Crippen LogP contribution < -0.4 is 14.4 Å². The molecular weight excluding hydrogens is 359 g/mol. The molecule has 2 rings (SSSR count). The van der Waals surface area contributed by atoms with Crippen LogP contribution in [-0.2, 0) is 14.8 Å². The van der Waals surface area contributed by atoms with Crippen molar-refractivity contribution < 1.29 is 22.3 Å². The van der Waals surface area contributed by atoms with E-state index >= 15 is 0 Å². The number of nitrogens with one attached hydrogen (secondary N) is 1. The van der Waals surface area contributed by atoms with Gasteiger partial charge in [-0.1, -0.05) is 18.2 Å². The number of sulfonamides is 1. The summed E-state index contributed by atoms with van der Waals surface area (Å²) in [6.07, 6.45) is 1.06. The molecule has 0 fully saturated rings. The third-order valence-electron chi connectivity index (χ3n) is 3.58. The number of hydrogen-bond donors (Lipinski definition) is 1. The third-order valence-corrected chi connectivity index (χ3v) is 4.82. The standard InChI is InChI=1S/C18H21FN2O4S/c1-14(21(26(2,23)24)16-6-4-3-5-7-16)18(22)20-12-13-25-17-10-8-15(19)9-11-17/h3-11,14H,12-13H2,1-2H3,(H,20,22). The van der Waals surface area contributed by atoms with Gasteiger partial charge in [-0.3, -0.25) is 9.10 Å². The lowest BCUT2D eigenvalue weighted by Gasteiger charge is -2.28. The number of amides is 1. The zero-order chi connectivity index (χ0) is 19.2. The zero-order valence-corrected chi connectivity index (χ0v) is 15.4. The summed E-state index contributed by atoms with van der Waals surface area (Å²) in [5, 5.41) is 2.64. The summed E-state index contributed by atoms with van der Waals surface area (Å²) in [4.78, 5) is 12.3. The predicted octanol–water partition coefficient (Wildman–Crippen LogP) is 2.18. The number of benzene rings is 2. The summed E-state index contributed by atoms with van der Waals surface area (Å²) < 4.78 is 43.5. The van der Waals surface area contributed by atoms with Crippen LogP contribution in [0.5, 0.6) is 5.75 Å². The zero-order valence-electron chi connectivity index (χ0n) is 14.6. The number of hydrogen-bond acceptors (Lipinski definition) is 4. The van der Waals surface area contributed by atoms with Crippen LogP contribution in [0.3, 0.4) is 0 Å². The van der Waals surface area contributed by atoms with Gasteiger partial charge in [-0.15, -0.1) is 0 Å². The molecule has 0 saturated heterocycles. The Kier molecular flexibility index (Phi) is 6.57. The molecule has 1 atom stereocenters. The maximum Gasteiger partial charge on any atom is 0.243 e. The Morgan fingerprint density at radius 3 is 2.35 bits per heavy atom. The molecule has 140 valence electrons. The number of nitrogens with zero attached hydrogens (tertiary/aromatic N) is 1. The van der Waals surface area contributed by atoms with Gasteiger partial charge in [0.25, 0.3) is 0 Å². The van der Waals surface area contributed by atoms with Crippen molar-refractivity contribution in [2.45, 2.75) is 13.0 Å². The summed E-state index contributed by atoms with van der Waals surface area (Å²) in [5.74, 6) is -0.320. The van der Waals surface area contributed by atoms with E-state index in [4.69, 9.17) is 4.74 Å². The molecular formula is C18H21FN2O4S. The molecule has 1 unspecified atom stereocenters. The summed E-state index contributed by atoms with van der Waals surface area (Å²) in [6, 6.07) is 13.0. The summed E-state index contributed by atoms with van der Waals surface area (Å²) >= 11 is 0. The largest absolute Gasteiger partial charge is 0.492 e. The number of ether oxygens (including phenoxy) is 1. The van der Waals surface area contributed by atoms with E-state index in [1.54, 1.807) is 30.3 Å². The quantitative estimate of drug-likeness (QED) is 0.712. The number of rotatable bonds is 8. The Balaban J connectivity index is 1.93. The molecule has 6 nitrogen and oxygen atoms in total. The minimum atomic E-state index is -3.63. The SMILES string of the molecule is CC(C(=O)NCCOc1ccc(F)cc1)N(c1ccccc1)S(C)(=O)=O. The molecule has 0 aliphatic carbocycles. The van der Waals surface area contributed by atoms with E-state index in [0.717, 1.165) is 10.6 Å². The first-order valence-corrected chi connectivity index (χ1v) is 9.84. The van der Waals surface area contributed by atoms with E-state index in [0.29, 0.717) is 11.4 Å². The average Bonchev–Trinajstić information content (AvgIpc) is 2.60. The van der Waals surface area contributed by atoms with Gasteiger partial charge in [0.05, 0.1) is 18.5 Å². The highest BCUT2D eigenvalue weighted by atomic mass is 32.2. The van der Waals surface area contributed by atoms with Gasteiger partial charge in [-0.2, -0.15) is 0 Å². The fourth-order valence-electron chi connectivity index (χ4n) is 2.41. The van der Waals surface area contributed by atoms with E-state index in [9.17, 15) is 17.6 Å². The second-order valence-electron chi connectivity index (χ2n) is 5.66. The van der Waals surface area contributed by atoms with Crippen LogP contribution in [0, 0.1) is 5.82 Å². The Morgan fingerprint density at radius 1 is 1.15 bits per heavy atom. The fraction of sp³-hybridized carbons (Fsp3) is 0.278. The normalized spacial score (nSPS) is 12.3. The lowest BCUT2D eigenvalue weighted by Crippen LogP contribution is -2.48. The van der Waals surface area contributed by atoms with Gasteiger partial charge >= 0.3 is 0 Å². The monoisotopic (exact) mass is 380 g/mol. The Labute approximate surface area is 152 Å². The molecule has 0 saturated carbocycles. The van der Waals surface area contributed by atoms with Gasteiger partial charge in [-0.25, -0.2) is 12.8 Å². The lowest BCUT2D eigenvalue weighted by atomic mass is 10.2. The van der Waals surface area contributed by atoms with Crippen molar-refractivity contribution in [3.8, 4) is 5.75 Å². The van der Waals surface area contributed by atoms with E-state index in [1.807, 2.05) is 0 Å². The topological polar surface area (TPSA) is 75.7 Å². The van der Waals surface area contributed by atoms with E-state index in [2.05, 4.69) is 5.32 Å². The van der Waals surface area contributed by atoms with E-state index in [-0.39, 0.29) is 19.0 Å². The predicted molar refractivity (Wildman–Crippen MR) is 98.1 cm³/mol. The van der Waals surface area contributed by atoms with Gasteiger partial charge in [0, 0.05) is 0 Å². The molecule has 0 aliphatic heterocycles. The number of para-hydroxylation sites is 1. The second-order valence-corrected chi connectivity index (χ2v) is 7.52. The van der Waals surface area contributed by atoms with Crippen molar-refractivity contribution in [3.63, 3.8) is 0 Å². The maximum absolute atomic E-state index is 12.8. The summed E-state index contributed by atoms with van der Waals surface area (Å²) in [7, 11) is -3.63. The number of anilines is 1. The van der Waals surface area contributed by atoms with Crippen molar-refractivity contribution in [2.75, 3.05) is 23.7 Å². The third kappa shape index (κ3) is 5.45. The number of halogens is 1. The molecule has 0 spiro atoms. The van der Waals surface area contributed by atoms with Gasteiger partial charge in [0.1, 0.15) is 24.2 Å². The lowest BCUT2D eigenvalue weighted by molar-refractivity contribution is -0.121. The van der Waals surface area contributed by atoms with Gasteiger partial charge in [0.15, 0.2) is 0 Å². The van der Waals surface area contributed by atoms with Crippen molar-refractivity contribution >= 4 is 21.6 Å². The molecule has 8 heteroatoms. The second kappa shape index (κ2) is 8.66. The molecule has 0 bridgehead atoms. The highest BCUT2D eigenvalue weighted by Gasteiger charge is 2.28. The van der Waals surface area contributed by atoms with Crippen LogP contribution in [0.15, 0.2) is 54.6 Å². The molecule has 2 aromatic rings. The molecule has 1 N–H and O–H groups in total. The van der Waals surface area contributed by atoms with Gasteiger partial charge < -0.3 is 10.1 Å². The van der Waals surface area contributed by atoms with Gasteiger partial charge in [-0.05, 0) is 43.3 Å². The molecule has 1 amide bonds. The van der Waals surface area contributed by atoms with Crippen LogP contribution in [0.25, 0.3) is 0 Å². The Hall–Kier alpha value is -2.61. The number of carbonyl (C=O) groups is 1. The highest BCUT2D eigenvalue weighted by molar-refractivity contribution is 7.92. The minimum Gasteiger partial charge on any atom is -0.492 e. The van der Waals surface area contributed by atoms with E-state index < -0.39 is 22.0 Å². The van der Waals surface area contributed by atoms with Crippen LogP contribution in [0.4, 0.5) is 10.1 Å². The Bertz CT molecular complexity index is 826. The summed E-state index contributed by atoms with van der Waals surface area (Å²) in [5.41, 5.74) is 0.417. The highest BCUT2D eigenvalue weighted by Crippen LogP contribution is 2.20. The van der Waals surface area contributed by atoms with Crippen LogP contribution in [-0.4, -0.2) is 39.8 Å². The molecule has 0 aromatic heterocycles. The maximum atomic E-state index is 12.8. The number of carbonyl (C=O) groups excluding carboxylic acids is 1. The van der Waals surface area contributed by atoms with Crippen molar-refractivity contribution in [2.24, 2.45) is 0 Å². The average molecular weight is 380 g/mol. The first kappa shape index (κ1) is 19.7. The van der Waals surface area contributed by atoms with E-state index in [1.165, 1.54) is 31.2 Å². The molecule has 26 heavy (non-hydrogen) atoms. The van der Waals surface area contributed by atoms with Crippen molar-refractivity contribution in [3.05, 3.63) is 60.4 Å². The minimum absolute atomic E-state index is 0.175. The molecule has 0 radical (unpaired) electrons. The molecule has 0 aliphatic rings. The van der Waals surface area contributed by atoms with Crippen LogP contribution >= 0.6 is 0 Å². The Morgan fingerprint density at radius 2 is 1.77 bits per heavy atom. The first-order chi connectivity index (χ1) is 12.3. The molecule has 2 aromatic carbocycles. The first-order valence-electron chi connectivity index (χ1n) is 7.99. The smallest absolute Gasteiger partial charge is 0.243 e. The van der Waals surface area contributed by atoms with Crippen molar-refractivity contribution in [1.82, 2.24) is 5.32 Å². The van der Waals surface area contributed by atoms with Gasteiger partial charge in [0.2, 0.25) is 15.9 Å². The summed E-state index contributed by atoms with van der Waals surface area (Å²) in [6.45, 7) is 1.88. The fourth-order valence-corrected chi connectivity index (χ4v) is 3.58. The van der Waals surface area contributed by atoms with Crippen molar-refractivity contribution in [1.29, 1.82) is 0 Å². The molecule has 0 heterocycles.